The number of nitrogens with one attached hydrogen (secondary N) is 1. The molecule has 2 aromatic heterocycles. The molecule has 0 saturated carbocycles. The Morgan fingerprint density at radius 2 is 2.21 bits per heavy atom. The number of H-pyrrole nitrogens is 1. The van der Waals surface area contributed by atoms with Gasteiger partial charge in [-0.05, 0) is 6.07 Å². The summed E-state index contributed by atoms with van der Waals surface area (Å²) in [6.45, 7) is 0.305. The van der Waals surface area contributed by atoms with Gasteiger partial charge in [0, 0.05) is 34.8 Å². The first-order valence-electron chi connectivity index (χ1n) is 7.15. The number of carboxylic acid groups (broad SMARTS) is 1. The summed E-state index contributed by atoms with van der Waals surface area (Å²) in [5.74, 6) is -1.28. The molecule has 0 radical (unpaired) electrons. The van der Waals surface area contributed by atoms with E-state index in [1.165, 1.54) is 16.2 Å². The molecule has 0 saturated heterocycles. The van der Waals surface area contributed by atoms with Crippen LogP contribution in [0.4, 0.5) is 0 Å². The summed E-state index contributed by atoms with van der Waals surface area (Å²) in [5, 5.41) is 12.3. The molecule has 0 fully saturated rings. The third kappa shape index (κ3) is 2.65. The standard InChI is InChI=1S/C16H13N3O3S.Li.H/c20-15-14-11(10-3-1-2-4-12(10)18-14)6-19(15)13(16(21)22)5-9-7-23-8-17-9;;/h1-4,7-8,13,18H,5-6H2,(H,21,22);;. The number of aromatic amines is 1. The van der Waals surface area contributed by atoms with E-state index in [1.54, 1.807) is 5.51 Å². The van der Waals surface area contributed by atoms with Crippen molar-refractivity contribution in [1.82, 2.24) is 14.9 Å². The Kier molecular flexibility index (Phi) is 4.50. The van der Waals surface area contributed by atoms with Gasteiger partial charge in [0.25, 0.3) is 5.91 Å². The summed E-state index contributed by atoms with van der Waals surface area (Å²) < 4.78 is 0. The van der Waals surface area contributed by atoms with Crippen LogP contribution >= 0.6 is 11.3 Å². The second-order valence-corrected chi connectivity index (χ2v) is 6.21. The van der Waals surface area contributed by atoms with Crippen molar-refractivity contribution in [3.05, 3.63) is 52.1 Å². The van der Waals surface area contributed by atoms with E-state index >= 15 is 0 Å². The number of carboxylic acids is 1. The molecule has 1 unspecified atom stereocenters. The number of hydrogen-bond acceptors (Lipinski definition) is 4. The van der Waals surface area contributed by atoms with Gasteiger partial charge >= 0.3 is 24.8 Å². The summed E-state index contributed by atoms with van der Waals surface area (Å²) in [4.78, 5) is 33.0. The maximum absolute atomic E-state index is 12.7. The Labute approximate surface area is 153 Å². The van der Waals surface area contributed by atoms with Crippen LogP contribution < -0.4 is 0 Å². The number of aromatic nitrogens is 2. The molecule has 24 heavy (non-hydrogen) atoms. The summed E-state index contributed by atoms with van der Waals surface area (Å²) in [7, 11) is 0. The number of thiazole rings is 1. The van der Waals surface area contributed by atoms with Crippen LogP contribution in [0.25, 0.3) is 10.9 Å². The van der Waals surface area contributed by atoms with E-state index in [0.29, 0.717) is 17.9 Å². The molecule has 118 valence electrons. The van der Waals surface area contributed by atoms with Crippen LogP contribution in [0.3, 0.4) is 0 Å². The zero-order valence-corrected chi connectivity index (χ0v) is 12.8. The first kappa shape index (κ1) is 16.8. The van der Waals surface area contributed by atoms with E-state index in [2.05, 4.69) is 9.97 Å². The Morgan fingerprint density at radius 3 is 2.92 bits per heavy atom. The predicted molar refractivity (Wildman–Crippen MR) is 92.6 cm³/mol. The number of carbonyl (C=O) groups is 2. The average molecular weight is 335 g/mol. The van der Waals surface area contributed by atoms with E-state index in [-0.39, 0.29) is 31.2 Å². The van der Waals surface area contributed by atoms with E-state index in [0.717, 1.165) is 16.5 Å². The monoisotopic (exact) mass is 335 g/mol. The van der Waals surface area contributed by atoms with Crippen LogP contribution in [0, 0.1) is 0 Å². The van der Waals surface area contributed by atoms with Gasteiger partial charge in [-0.15, -0.1) is 11.3 Å². The van der Waals surface area contributed by atoms with Gasteiger partial charge in [0.2, 0.25) is 0 Å². The summed E-state index contributed by atoms with van der Waals surface area (Å²) in [6.07, 6.45) is 0.215. The fourth-order valence-electron chi connectivity index (χ4n) is 3.05. The summed E-state index contributed by atoms with van der Waals surface area (Å²) in [6, 6.07) is 6.75. The fraction of sp³-hybridized carbons (Fsp3) is 0.188. The van der Waals surface area contributed by atoms with Gasteiger partial charge < -0.3 is 15.0 Å². The van der Waals surface area contributed by atoms with E-state index in [9.17, 15) is 14.7 Å². The predicted octanol–water partition coefficient (Wildman–Crippen LogP) is 1.63. The van der Waals surface area contributed by atoms with Crippen LogP contribution in [0.1, 0.15) is 21.7 Å². The van der Waals surface area contributed by atoms with Gasteiger partial charge in [0.15, 0.2) is 0 Å². The van der Waals surface area contributed by atoms with Crippen LogP contribution in [-0.4, -0.2) is 56.8 Å². The van der Waals surface area contributed by atoms with Crippen molar-refractivity contribution in [3.63, 3.8) is 0 Å². The van der Waals surface area contributed by atoms with Crippen molar-refractivity contribution >= 4 is 53.0 Å². The van der Waals surface area contributed by atoms with Crippen LogP contribution in [-0.2, 0) is 17.8 Å². The Morgan fingerprint density at radius 1 is 1.42 bits per heavy atom. The van der Waals surface area contributed by atoms with Crippen molar-refractivity contribution in [3.8, 4) is 0 Å². The molecule has 1 atom stereocenters. The van der Waals surface area contributed by atoms with Crippen LogP contribution in [0.15, 0.2) is 35.2 Å². The molecular formula is C16H14LiN3O3S. The van der Waals surface area contributed by atoms with Crippen molar-refractivity contribution in [2.75, 3.05) is 0 Å². The number of nitrogens with zero attached hydrogens (tertiary/aromatic N) is 2. The normalized spacial score (nSPS) is 14.5. The molecule has 1 amide bonds. The molecule has 6 nitrogen and oxygen atoms in total. The van der Waals surface area contributed by atoms with Gasteiger partial charge in [-0.2, -0.15) is 0 Å². The first-order chi connectivity index (χ1) is 11.1. The number of hydrogen-bond donors (Lipinski definition) is 2. The van der Waals surface area contributed by atoms with E-state index in [1.807, 2.05) is 29.6 Å². The molecule has 1 aliphatic heterocycles. The molecule has 1 aliphatic rings. The Hall–Kier alpha value is -2.07. The first-order valence-corrected chi connectivity index (χ1v) is 8.10. The van der Waals surface area contributed by atoms with Gasteiger partial charge in [0.05, 0.1) is 11.2 Å². The van der Waals surface area contributed by atoms with Crippen LogP contribution in [0.5, 0.6) is 0 Å². The van der Waals surface area contributed by atoms with E-state index < -0.39 is 12.0 Å². The van der Waals surface area contributed by atoms with Gasteiger partial charge in [-0.1, -0.05) is 18.2 Å². The number of para-hydroxylation sites is 1. The molecule has 0 spiro atoms. The minimum absolute atomic E-state index is 0. The van der Waals surface area contributed by atoms with Crippen molar-refractivity contribution in [2.24, 2.45) is 0 Å². The molecule has 0 aliphatic carbocycles. The SMILES string of the molecule is O=C(O)C(Cc1cscn1)N1Cc2c([nH]c3ccccc23)C1=O.[LiH]. The second kappa shape index (κ2) is 6.44. The molecule has 0 bridgehead atoms. The topological polar surface area (TPSA) is 86.3 Å². The number of amides is 1. The quantitative estimate of drug-likeness (QED) is 0.710. The summed E-state index contributed by atoms with van der Waals surface area (Å²) >= 11 is 1.41. The zero-order valence-electron chi connectivity index (χ0n) is 12.0. The van der Waals surface area contributed by atoms with Crippen LogP contribution in [0.2, 0.25) is 0 Å². The number of aliphatic carboxylic acids is 1. The minimum atomic E-state index is -1.01. The maximum atomic E-state index is 12.7. The van der Waals surface area contributed by atoms with Crippen molar-refractivity contribution in [2.45, 2.75) is 19.0 Å². The van der Waals surface area contributed by atoms with Gasteiger partial charge in [-0.3, -0.25) is 4.79 Å². The molecule has 8 heteroatoms. The summed E-state index contributed by atoms with van der Waals surface area (Å²) in [5.41, 5.74) is 4.62. The number of benzene rings is 1. The number of fused-ring (bicyclic) bond motifs is 3. The molecule has 2 N–H and O–H groups in total. The third-order valence-electron chi connectivity index (χ3n) is 4.16. The molecule has 3 aromatic rings. The molecule has 4 rings (SSSR count). The Bertz CT molecular complexity index is 907. The van der Waals surface area contributed by atoms with E-state index in [4.69, 9.17) is 0 Å². The molecular weight excluding hydrogens is 321 g/mol. The van der Waals surface area contributed by atoms with Crippen molar-refractivity contribution in [1.29, 1.82) is 0 Å². The number of rotatable bonds is 4. The molecule has 1 aromatic carbocycles. The van der Waals surface area contributed by atoms with Crippen molar-refractivity contribution < 1.29 is 14.7 Å². The average Bonchev–Trinajstić information content (AvgIpc) is 3.23. The fourth-order valence-corrected chi connectivity index (χ4v) is 3.62. The molecule has 3 heterocycles. The van der Waals surface area contributed by atoms with Gasteiger partial charge in [0.1, 0.15) is 11.7 Å². The Balaban J connectivity index is 0.00000169. The second-order valence-electron chi connectivity index (χ2n) is 5.50. The third-order valence-corrected chi connectivity index (χ3v) is 4.80. The number of carbonyl (C=O) groups excluding carboxylic acids is 1. The zero-order chi connectivity index (χ0) is 16.0. The van der Waals surface area contributed by atoms with Gasteiger partial charge in [-0.25, -0.2) is 9.78 Å².